The minimum absolute atomic E-state index is 0.345. The molecule has 0 amide bonds. The molecule has 70 valence electrons. The summed E-state index contributed by atoms with van der Waals surface area (Å²) in [6.07, 6.45) is 0. The van der Waals surface area contributed by atoms with Crippen molar-refractivity contribution < 1.29 is 23.0 Å². The lowest BCUT2D eigenvalue weighted by Crippen LogP contribution is -2.05. The molecule has 0 saturated heterocycles. The van der Waals surface area contributed by atoms with Crippen molar-refractivity contribution in [3.8, 4) is 0 Å². The van der Waals surface area contributed by atoms with E-state index in [4.69, 9.17) is 0 Å². The van der Waals surface area contributed by atoms with Gasteiger partial charge in [0, 0.05) is 10.1 Å². The van der Waals surface area contributed by atoms with E-state index in [0.717, 1.165) is 19.1 Å². The van der Waals surface area contributed by atoms with Crippen molar-refractivity contribution in [1.29, 1.82) is 0 Å². The highest BCUT2D eigenvalue weighted by Crippen LogP contribution is 2.16. The first-order valence-electron chi connectivity index (χ1n) is 3.35. The zero-order valence-electron chi connectivity index (χ0n) is 6.61. The average molecular weight is 190 g/mol. The van der Waals surface area contributed by atoms with Gasteiger partial charge in [0.25, 0.3) is 0 Å². The Kier molecular flexibility index (Phi) is 2.55. The fourth-order valence-electron chi connectivity index (χ4n) is 0.861. The SMILES string of the molecule is Cc1c(F)ccc(C(=O)OF)c1F. The Bertz CT molecular complexity index is 349. The van der Waals surface area contributed by atoms with Gasteiger partial charge in [-0.25, -0.2) is 18.5 Å². The maximum absolute atomic E-state index is 13.0. The van der Waals surface area contributed by atoms with Gasteiger partial charge in [-0.3, -0.25) is 0 Å². The molecule has 0 aliphatic rings. The number of rotatable bonds is 1. The second kappa shape index (κ2) is 3.47. The molecule has 1 rings (SSSR count). The first-order valence-corrected chi connectivity index (χ1v) is 3.35. The number of hydrogen-bond acceptors (Lipinski definition) is 2. The Morgan fingerprint density at radius 2 is 2.00 bits per heavy atom. The molecule has 1 aromatic carbocycles. The summed E-state index contributed by atoms with van der Waals surface area (Å²) >= 11 is 0. The van der Waals surface area contributed by atoms with Gasteiger partial charge in [0.15, 0.2) is 0 Å². The summed E-state index contributed by atoms with van der Waals surface area (Å²) in [5, 5.41) is 0. The largest absolute Gasteiger partial charge is 0.382 e. The fourth-order valence-corrected chi connectivity index (χ4v) is 0.861. The summed E-state index contributed by atoms with van der Waals surface area (Å²) in [4.78, 5) is 13.3. The average Bonchev–Trinajstić information content (AvgIpc) is 2.13. The number of halogens is 3. The Morgan fingerprint density at radius 1 is 1.38 bits per heavy atom. The van der Waals surface area contributed by atoms with Crippen molar-refractivity contribution in [3.63, 3.8) is 0 Å². The Labute approximate surface area is 71.8 Å². The van der Waals surface area contributed by atoms with E-state index in [0.29, 0.717) is 0 Å². The van der Waals surface area contributed by atoms with E-state index in [1.54, 1.807) is 0 Å². The maximum Gasteiger partial charge on any atom is 0.382 e. The second-order valence-corrected chi connectivity index (χ2v) is 2.40. The summed E-state index contributed by atoms with van der Waals surface area (Å²) in [7, 11) is 0. The predicted octanol–water partition coefficient (Wildman–Crippen LogP) is 2.31. The number of benzene rings is 1. The lowest BCUT2D eigenvalue weighted by atomic mass is 10.1. The Morgan fingerprint density at radius 3 is 2.54 bits per heavy atom. The fraction of sp³-hybridized carbons (Fsp3) is 0.125. The van der Waals surface area contributed by atoms with Crippen LogP contribution in [0.15, 0.2) is 12.1 Å². The summed E-state index contributed by atoms with van der Waals surface area (Å²) in [5.74, 6) is -3.38. The molecule has 0 aromatic heterocycles. The quantitative estimate of drug-likeness (QED) is 0.679. The second-order valence-electron chi connectivity index (χ2n) is 2.40. The highest BCUT2D eigenvalue weighted by atomic mass is 19.3. The smallest absolute Gasteiger partial charge is 0.249 e. The number of carbonyl (C=O) groups excluding carboxylic acids is 1. The molecule has 0 fully saturated rings. The van der Waals surface area contributed by atoms with E-state index in [1.165, 1.54) is 0 Å². The van der Waals surface area contributed by atoms with E-state index in [-0.39, 0.29) is 5.56 Å². The molecule has 13 heavy (non-hydrogen) atoms. The zero-order chi connectivity index (χ0) is 10.0. The number of carbonyl (C=O) groups is 1. The summed E-state index contributed by atoms with van der Waals surface area (Å²) < 4.78 is 37.0. The van der Waals surface area contributed by atoms with E-state index in [1.807, 2.05) is 0 Å². The third-order valence-electron chi connectivity index (χ3n) is 1.61. The number of hydrogen-bond donors (Lipinski definition) is 0. The highest BCUT2D eigenvalue weighted by Gasteiger charge is 2.17. The van der Waals surface area contributed by atoms with Crippen molar-refractivity contribution >= 4 is 5.97 Å². The van der Waals surface area contributed by atoms with Crippen LogP contribution < -0.4 is 0 Å². The minimum atomic E-state index is -1.47. The topological polar surface area (TPSA) is 26.3 Å². The van der Waals surface area contributed by atoms with Crippen LogP contribution in [0.5, 0.6) is 0 Å². The minimum Gasteiger partial charge on any atom is -0.249 e. The van der Waals surface area contributed by atoms with Gasteiger partial charge in [-0.2, -0.15) is 0 Å². The van der Waals surface area contributed by atoms with Crippen LogP contribution in [-0.2, 0) is 4.94 Å². The van der Waals surface area contributed by atoms with Gasteiger partial charge in [0.05, 0.1) is 5.56 Å². The molecule has 2 nitrogen and oxygen atoms in total. The van der Waals surface area contributed by atoms with Crippen molar-refractivity contribution in [3.05, 3.63) is 34.9 Å². The van der Waals surface area contributed by atoms with Crippen LogP contribution in [-0.4, -0.2) is 5.97 Å². The third kappa shape index (κ3) is 1.63. The Hall–Kier alpha value is -1.52. The predicted molar refractivity (Wildman–Crippen MR) is 37.6 cm³/mol. The first-order chi connectivity index (χ1) is 6.07. The van der Waals surface area contributed by atoms with Crippen LogP contribution in [0.1, 0.15) is 15.9 Å². The molecule has 0 bridgehead atoms. The molecular weight excluding hydrogens is 185 g/mol. The molecule has 0 heterocycles. The van der Waals surface area contributed by atoms with Gasteiger partial charge in [-0.1, -0.05) is 0 Å². The van der Waals surface area contributed by atoms with Crippen molar-refractivity contribution in [1.82, 2.24) is 0 Å². The van der Waals surface area contributed by atoms with Crippen LogP contribution in [0, 0.1) is 18.6 Å². The van der Waals surface area contributed by atoms with Crippen LogP contribution >= 0.6 is 0 Å². The first kappa shape index (κ1) is 9.57. The van der Waals surface area contributed by atoms with Crippen LogP contribution in [0.3, 0.4) is 0 Å². The summed E-state index contributed by atoms with van der Waals surface area (Å²) in [6, 6.07) is 1.68. The summed E-state index contributed by atoms with van der Waals surface area (Å²) in [5.41, 5.74) is -0.968. The standard InChI is InChI=1S/C8H5F3O2/c1-4-6(9)3-2-5(7(4)10)8(12)13-11/h2-3H,1H3. The zero-order valence-corrected chi connectivity index (χ0v) is 6.61. The van der Waals surface area contributed by atoms with Gasteiger partial charge in [0.1, 0.15) is 11.6 Å². The molecule has 1 aromatic rings. The summed E-state index contributed by atoms with van der Waals surface area (Å²) in [6.45, 7) is 1.14. The van der Waals surface area contributed by atoms with Gasteiger partial charge >= 0.3 is 5.97 Å². The molecule has 0 aliphatic heterocycles. The van der Waals surface area contributed by atoms with Crippen molar-refractivity contribution in [2.45, 2.75) is 6.92 Å². The maximum atomic E-state index is 13.0. The van der Waals surface area contributed by atoms with Crippen LogP contribution in [0.25, 0.3) is 0 Å². The van der Waals surface area contributed by atoms with E-state index < -0.39 is 23.2 Å². The van der Waals surface area contributed by atoms with Gasteiger partial charge < -0.3 is 0 Å². The van der Waals surface area contributed by atoms with E-state index >= 15 is 0 Å². The monoisotopic (exact) mass is 190 g/mol. The molecule has 0 N–H and O–H groups in total. The highest BCUT2D eigenvalue weighted by molar-refractivity contribution is 5.89. The molecule has 0 radical (unpaired) electrons. The van der Waals surface area contributed by atoms with Crippen molar-refractivity contribution in [2.75, 3.05) is 0 Å². The van der Waals surface area contributed by atoms with Crippen LogP contribution in [0.2, 0.25) is 0 Å². The normalized spacial score (nSPS) is 9.85. The molecule has 5 heteroatoms. The van der Waals surface area contributed by atoms with Gasteiger partial charge in [-0.05, 0) is 19.1 Å². The lowest BCUT2D eigenvalue weighted by Gasteiger charge is -2.01. The molecule has 0 saturated carbocycles. The molecule has 0 spiro atoms. The molecular formula is C8H5F3O2. The van der Waals surface area contributed by atoms with E-state index in [2.05, 4.69) is 4.94 Å². The molecule has 0 atom stereocenters. The Balaban J connectivity index is 3.26. The van der Waals surface area contributed by atoms with Crippen molar-refractivity contribution in [2.24, 2.45) is 0 Å². The third-order valence-corrected chi connectivity index (χ3v) is 1.61. The van der Waals surface area contributed by atoms with Gasteiger partial charge in [-0.15, -0.1) is 0 Å². The van der Waals surface area contributed by atoms with Gasteiger partial charge in [0.2, 0.25) is 0 Å². The van der Waals surface area contributed by atoms with E-state index in [9.17, 15) is 18.1 Å². The van der Waals surface area contributed by atoms with Crippen LogP contribution in [0.4, 0.5) is 13.3 Å². The molecule has 0 aliphatic carbocycles. The molecule has 0 unspecified atom stereocenters. The lowest BCUT2D eigenvalue weighted by molar-refractivity contribution is -0.0791.